The van der Waals surface area contributed by atoms with E-state index in [4.69, 9.17) is 9.47 Å². The summed E-state index contributed by atoms with van der Waals surface area (Å²) in [6, 6.07) is -0.236. The van der Waals surface area contributed by atoms with E-state index >= 15 is 0 Å². The zero-order valence-electron chi connectivity index (χ0n) is 10.4. The number of carbonyl (C=O) groups is 2. The zero-order chi connectivity index (χ0) is 12.7. The number of amides is 2. The Morgan fingerprint density at radius 1 is 1.47 bits per heavy atom. The van der Waals surface area contributed by atoms with Crippen molar-refractivity contribution in [2.24, 2.45) is 0 Å². The van der Waals surface area contributed by atoms with E-state index < -0.39 is 5.97 Å². The molecule has 1 aliphatic heterocycles. The Hall–Kier alpha value is -1.30. The molecule has 1 saturated heterocycles. The smallest absolute Gasteiger partial charge is 0.325 e. The Morgan fingerprint density at radius 2 is 2.24 bits per heavy atom. The Morgan fingerprint density at radius 3 is 2.88 bits per heavy atom. The molecule has 1 heterocycles. The summed E-state index contributed by atoms with van der Waals surface area (Å²) in [4.78, 5) is 24.5. The molecule has 0 radical (unpaired) electrons. The maximum Gasteiger partial charge on any atom is 0.325 e. The van der Waals surface area contributed by atoms with Crippen LogP contribution in [0.25, 0.3) is 0 Å². The zero-order valence-corrected chi connectivity index (χ0v) is 10.4. The van der Waals surface area contributed by atoms with Gasteiger partial charge in [0.1, 0.15) is 6.54 Å². The van der Waals surface area contributed by atoms with Crippen LogP contribution in [0.2, 0.25) is 0 Å². The molecule has 1 rings (SSSR count). The van der Waals surface area contributed by atoms with Gasteiger partial charge in [-0.25, -0.2) is 4.79 Å². The Bertz CT molecular complexity index is 270. The van der Waals surface area contributed by atoms with Crippen LogP contribution in [0.4, 0.5) is 4.79 Å². The number of nitrogens with zero attached hydrogens (tertiary/aromatic N) is 1. The summed E-state index contributed by atoms with van der Waals surface area (Å²) in [5.41, 5.74) is 0. The molecular weight excluding hydrogens is 224 g/mol. The number of hydrogen-bond acceptors (Lipinski definition) is 4. The highest BCUT2D eigenvalue weighted by Gasteiger charge is 2.23. The molecule has 17 heavy (non-hydrogen) atoms. The number of urea groups is 1. The summed E-state index contributed by atoms with van der Waals surface area (Å²) < 4.78 is 10.2. The third-order valence-electron chi connectivity index (χ3n) is 2.57. The molecule has 2 amide bonds. The fraction of sp³-hybridized carbons (Fsp3) is 0.818. The van der Waals surface area contributed by atoms with Crippen LogP contribution in [-0.4, -0.2) is 55.9 Å². The lowest BCUT2D eigenvalue weighted by molar-refractivity contribution is -0.141. The minimum absolute atomic E-state index is 0.0825. The quantitative estimate of drug-likeness (QED) is 0.725. The lowest BCUT2D eigenvalue weighted by Crippen LogP contribution is -2.50. The number of esters is 1. The number of rotatable bonds is 4. The lowest BCUT2D eigenvalue weighted by atomic mass is 10.2. The molecule has 0 saturated carbocycles. The SMILES string of the molecule is CCOC(=O)CNC(=O)N1CCOC(CC)C1. The second kappa shape index (κ2) is 7.11. The van der Waals surface area contributed by atoms with Gasteiger partial charge >= 0.3 is 12.0 Å². The lowest BCUT2D eigenvalue weighted by Gasteiger charge is -2.32. The summed E-state index contributed by atoms with van der Waals surface area (Å²) >= 11 is 0. The van der Waals surface area contributed by atoms with Crippen LogP contribution in [0.1, 0.15) is 20.3 Å². The Balaban J connectivity index is 2.29. The highest BCUT2D eigenvalue weighted by atomic mass is 16.5. The van der Waals surface area contributed by atoms with E-state index in [1.165, 1.54) is 0 Å². The minimum atomic E-state index is -0.416. The van der Waals surface area contributed by atoms with Crippen molar-refractivity contribution in [3.63, 3.8) is 0 Å². The Labute approximate surface area is 101 Å². The van der Waals surface area contributed by atoms with Gasteiger partial charge in [-0.3, -0.25) is 4.79 Å². The third kappa shape index (κ3) is 4.60. The molecule has 0 aliphatic carbocycles. The molecule has 1 unspecified atom stereocenters. The highest BCUT2D eigenvalue weighted by Crippen LogP contribution is 2.07. The molecule has 1 fully saturated rings. The molecule has 0 bridgehead atoms. The Kier molecular flexibility index (Phi) is 5.76. The molecule has 0 aromatic heterocycles. The molecule has 6 nitrogen and oxygen atoms in total. The number of morpholine rings is 1. The largest absolute Gasteiger partial charge is 0.465 e. The van der Waals surface area contributed by atoms with Gasteiger partial charge < -0.3 is 19.7 Å². The maximum absolute atomic E-state index is 11.7. The first kappa shape index (κ1) is 13.8. The molecule has 0 aromatic rings. The van der Waals surface area contributed by atoms with Crippen LogP contribution in [0.5, 0.6) is 0 Å². The molecule has 1 atom stereocenters. The van der Waals surface area contributed by atoms with Gasteiger partial charge in [-0.2, -0.15) is 0 Å². The molecular formula is C11H20N2O4. The summed E-state index contributed by atoms with van der Waals surface area (Å²) in [5, 5.41) is 2.54. The number of hydrogen-bond donors (Lipinski definition) is 1. The van der Waals surface area contributed by atoms with E-state index in [1.54, 1.807) is 11.8 Å². The topological polar surface area (TPSA) is 67.9 Å². The van der Waals surface area contributed by atoms with Gasteiger partial charge in [0.2, 0.25) is 0 Å². The number of nitrogens with one attached hydrogen (secondary N) is 1. The van der Waals surface area contributed by atoms with Crippen molar-refractivity contribution in [3.05, 3.63) is 0 Å². The molecule has 6 heteroatoms. The monoisotopic (exact) mass is 244 g/mol. The van der Waals surface area contributed by atoms with Crippen molar-refractivity contribution in [2.75, 3.05) is 32.8 Å². The van der Waals surface area contributed by atoms with Crippen molar-refractivity contribution >= 4 is 12.0 Å². The summed E-state index contributed by atoms with van der Waals surface area (Å²) in [6.45, 7) is 5.67. The summed E-state index contributed by atoms with van der Waals surface area (Å²) in [6.07, 6.45) is 0.971. The minimum Gasteiger partial charge on any atom is -0.465 e. The van der Waals surface area contributed by atoms with Gasteiger partial charge in [0, 0.05) is 13.1 Å². The van der Waals surface area contributed by atoms with Crippen LogP contribution < -0.4 is 5.32 Å². The van der Waals surface area contributed by atoms with E-state index in [1.807, 2.05) is 6.92 Å². The van der Waals surface area contributed by atoms with Crippen molar-refractivity contribution < 1.29 is 19.1 Å². The van der Waals surface area contributed by atoms with E-state index in [9.17, 15) is 9.59 Å². The average molecular weight is 244 g/mol. The molecule has 1 N–H and O–H groups in total. The predicted molar refractivity (Wildman–Crippen MR) is 61.6 cm³/mol. The summed E-state index contributed by atoms with van der Waals surface area (Å²) in [7, 11) is 0. The molecule has 0 aromatic carbocycles. The van der Waals surface area contributed by atoms with Crippen LogP contribution >= 0.6 is 0 Å². The van der Waals surface area contributed by atoms with Crippen molar-refractivity contribution in [2.45, 2.75) is 26.4 Å². The second-order valence-electron chi connectivity index (χ2n) is 3.81. The van der Waals surface area contributed by atoms with Crippen LogP contribution in [-0.2, 0) is 14.3 Å². The van der Waals surface area contributed by atoms with Crippen LogP contribution in [0.15, 0.2) is 0 Å². The first-order chi connectivity index (χ1) is 8.17. The van der Waals surface area contributed by atoms with Crippen molar-refractivity contribution in [1.82, 2.24) is 10.2 Å². The van der Waals surface area contributed by atoms with Gasteiger partial charge in [0.15, 0.2) is 0 Å². The second-order valence-corrected chi connectivity index (χ2v) is 3.81. The van der Waals surface area contributed by atoms with Gasteiger partial charge in [-0.1, -0.05) is 6.92 Å². The fourth-order valence-corrected chi connectivity index (χ4v) is 1.62. The summed E-state index contributed by atoms with van der Waals surface area (Å²) in [5.74, 6) is -0.416. The van der Waals surface area contributed by atoms with Gasteiger partial charge in [-0.15, -0.1) is 0 Å². The number of carbonyl (C=O) groups excluding carboxylic acids is 2. The van der Waals surface area contributed by atoms with Gasteiger partial charge in [0.25, 0.3) is 0 Å². The molecule has 0 spiro atoms. The van der Waals surface area contributed by atoms with E-state index in [0.29, 0.717) is 26.3 Å². The predicted octanol–water partition coefficient (Wildman–Crippen LogP) is 0.370. The molecule has 98 valence electrons. The van der Waals surface area contributed by atoms with E-state index in [0.717, 1.165) is 6.42 Å². The van der Waals surface area contributed by atoms with E-state index in [2.05, 4.69) is 5.32 Å². The van der Waals surface area contributed by atoms with E-state index in [-0.39, 0.29) is 18.7 Å². The normalized spacial score (nSPS) is 19.9. The first-order valence-electron chi connectivity index (χ1n) is 5.97. The fourth-order valence-electron chi connectivity index (χ4n) is 1.62. The van der Waals surface area contributed by atoms with Crippen molar-refractivity contribution in [3.8, 4) is 0 Å². The first-order valence-corrected chi connectivity index (χ1v) is 5.97. The number of ether oxygens (including phenoxy) is 2. The highest BCUT2D eigenvalue weighted by molar-refractivity contribution is 5.80. The molecule has 1 aliphatic rings. The van der Waals surface area contributed by atoms with Crippen molar-refractivity contribution in [1.29, 1.82) is 0 Å². The van der Waals surface area contributed by atoms with Crippen LogP contribution in [0.3, 0.4) is 0 Å². The maximum atomic E-state index is 11.7. The average Bonchev–Trinajstić information content (AvgIpc) is 2.36. The third-order valence-corrected chi connectivity index (χ3v) is 2.57. The van der Waals surface area contributed by atoms with Gasteiger partial charge in [-0.05, 0) is 13.3 Å². The van der Waals surface area contributed by atoms with Gasteiger partial charge in [0.05, 0.1) is 19.3 Å². The van der Waals surface area contributed by atoms with Crippen LogP contribution in [0, 0.1) is 0 Å². The standard InChI is InChI=1S/C11H20N2O4/c1-3-9-8-13(5-6-17-9)11(15)12-7-10(14)16-4-2/h9H,3-8H2,1-2H3,(H,12,15).